The Kier molecular flexibility index (Phi) is 3.42. The van der Waals surface area contributed by atoms with Crippen LogP contribution in [0.25, 0.3) is 0 Å². The van der Waals surface area contributed by atoms with E-state index >= 15 is 0 Å². The molecule has 3 heteroatoms. The lowest BCUT2D eigenvalue weighted by Gasteiger charge is -2.33. The van der Waals surface area contributed by atoms with Gasteiger partial charge in [0.05, 0.1) is 12.0 Å². The first-order valence-electron chi connectivity index (χ1n) is 7.46. The largest absolute Gasteiger partial charge is 0.330 e. The molecule has 100 valence electrons. The number of hydrogen-bond acceptors (Lipinski definition) is 2. The molecule has 2 aliphatic rings. The smallest absolute Gasteiger partial charge is 0.0951 e. The Morgan fingerprint density at radius 3 is 2.61 bits per heavy atom. The molecule has 1 N–H and O–H groups in total. The van der Waals surface area contributed by atoms with E-state index in [1.165, 1.54) is 37.8 Å². The Morgan fingerprint density at radius 1 is 1.22 bits per heavy atom. The number of rotatable bonds is 4. The van der Waals surface area contributed by atoms with Crippen LogP contribution >= 0.6 is 0 Å². The van der Waals surface area contributed by atoms with E-state index in [9.17, 15) is 0 Å². The minimum absolute atomic E-state index is 0.669. The Labute approximate surface area is 110 Å². The quantitative estimate of drug-likeness (QED) is 0.886. The Hall–Kier alpha value is -0.830. The van der Waals surface area contributed by atoms with Crippen molar-refractivity contribution in [3.8, 4) is 0 Å². The summed E-state index contributed by atoms with van der Waals surface area (Å²) in [6, 6.07) is 1.44. The average molecular weight is 247 g/mol. The summed E-state index contributed by atoms with van der Waals surface area (Å²) in [6.07, 6.45) is 10.8. The lowest BCUT2D eigenvalue weighted by atomic mass is 9.80. The third-order valence-electron chi connectivity index (χ3n) is 4.44. The van der Waals surface area contributed by atoms with Crippen LogP contribution in [0.2, 0.25) is 0 Å². The molecular weight excluding hydrogens is 222 g/mol. The van der Waals surface area contributed by atoms with Crippen molar-refractivity contribution in [1.82, 2.24) is 14.9 Å². The second kappa shape index (κ2) is 5.04. The number of imidazole rings is 1. The highest BCUT2D eigenvalue weighted by atomic mass is 15.1. The van der Waals surface area contributed by atoms with E-state index in [1.54, 1.807) is 0 Å². The molecular formula is C15H25N3. The fourth-order valence-corrected chi connectivity index (χ4v) is 3.47. The molecule has 2 aliphatic carbocycles. The maximum absolute atomic E-state index is 4.37. The van der Waals surface area contributed by atoms with Crippen LogP contribution in [0.3, 0.4) is 0 Å². The molecule has 3 rings (SSSR count). The number of nitrogens with one attached hydrogen (secondary N) is 1. The van der Waals surface area contributed by atoms with E-state index in [0.717, 1.165) is 24.4 Å². The summed E-state index contributed by atoms with van der Waals surface area (Å²) in [5, 5.41) is 3.60. The standard InChI is InChI=1S/C15H25N3/c1-11-5-12(2)7-14(6-11)18-10-16-8-15(18)9-17-13-3-4-13/h8,10-14,17H,3-7,9H2,1-2H3. The zero-order chi connectivity index (χ0) is 12.5. The Bertz CT molecular complexity index is 384. The van der Waals surface area contributed by atoms with Gasteiger partial charge < -0.3 is 9.88 Å². The molecule has 0 aromatic carbocycles. The molecule has 0 aliphatic heterocycles. The van der Waals surface area contributed by atoms with Crippen molar-refractivity contribution in [1.29, 1.82) is 0 Å². The van der Waals surface area contributed by atoms with Gasteiger partial charge in [-0.3, -0.25) is 0 Å². The van der Waals surface area contributed by atoms with Crippen LogP contribution in [-0.2, 0) is 6.54 Å². The van der Waals surface area contributed by atoms with E-state index in [1.807, 2.05) is 12.5 Å². The molecule has 2 atom stereocenters. The van der Waals surface area contributed by atoms with E-state index in [4.69, 9.17) is 0 Å². The monoisotopic (exact) mass is 247 g/mol. The van der Waals surface area contributed by atoms with Gasteiger partial charge in [0.25, 0.3) is 0 Å². The van der Waals surface area contributed by atoms with Crippen LogP contribution in [0, 0.1) is 11.8 Å². The molecule has 1 aromatic rings. The van der Waals surface area contributed by atoms with Gasteiger partial charge in [0.2, 0.25) is 0 Å². The SMILES string of the molecule is CC1CC(C)CC(n2cncc2CNC2CC2)C1. The highest BCUT2D eigenvalue weighted by Gasteiger charge is 2.26. The van der Waals surface area contributed by atoms with E-state index in [-0.39, 0.29) is 0 Å². The minimum atomic E-state index is 0.669. The lowest BCUT2D eigenvalue weighted by Crippen LogP contribution is -2.25. The molecule has 0 amide bonds. The molecule has 2 unspecified atom stereocenters. The fourth-order valence-electron chi connectivity index (χ4n) is 3.47. The van der Waals surface area contributed by atoms with Crippen molar-refractivity contribution in [2.75, 3.05) is 0 Å². The van der Waals surface area contributed by atoms with Crippen molar-refractivity contribution in [2.45, 2.75) is 64.6 Å². The van der Waals surface area contributed by atoms with Gasteiger partial charge in [-0.15, -0.1) is 0 Å². The van der Waals surface area contributed by atoms with Gasteiger partial charge in [-0.2, -0.15) is 0 Å². The fraction of sp³-hybridized carbons (Fsp3) is 0.800. The predicted octanol–water partition coefficient (Wildman–Crippen LogP) is 3.13. The van der Waals surface area contributed by atoms with Gasteiger partial charge in [-0.25, -0.2) is 4.98 Å². The van der Waals surface area contributed by atoms with E-state index < -0.39 is 0 Å². The molecule has 0 bridgehead atoms. The lowest BCUT2D eigenvalue weighted by molar-refractivity contribution is 0.218. The van der Waals surface area contributed by atoms with E-state index in [0.29, 0.717) is 6.04 Å². The highest BCUT2D eigenvalue weighted by molar-refractivity contribution is 5.02. The van der Waals surface area contributed by atoms with Crippen molar-refractivity contribution in [3.05, 3.63) is 18.2 Å². The molecule has 3 nitrogen and oxygen atoms in total. The molecule has 18 heavy (non-hydrogen) atoms. The van der Waals surface area contributed by atoms with Crippen molar-refractivity contribution >= 4 is 0 Å². The molecule has 0 spiro atoms. The van der Waals surface area contributed by atoms with Gasteiger partial charge in [-0.1, -0.05) is 13.8 Å². The Morgan fingerprint density at radius 2 is 1.94 bits per heavy atom. The summed E-state index contributed by atoms with van der Waals surface area (Å²) in [5.41, 5.74) is 1.37. The molecule has 2 fully saturated rings. The maximum atomic E-state index is 4.37. The molecule has 2 saturated carbocycles. The first kappa shape index (κ1) is 12.2. The molecule has 0 radical (unpaired) electrons. The van der Waals surface area contributed by atoms with Crippen molar-refractivity contribution in [3.63, 3.8) is 0 Å². The van der Waals surface area contributed by atoms with Crippen LogP contribution in [0.1, 0.15) is 57.7 Å². The first-order chi connectivity index (χ1) is 8.72. The average Bonchev–Trinajstić information content (AvgIpc) is 3.02. The predicted molar refractivity (Wildman–Crippen MR) is 73.3 cm³/mol. The van der Waals surface area contributed by atoms with Gasteiger partial charge >= 0.3 is 0 Å². The molecule has 1 heterocycles. The summed E-state index contributed by atoms with van der Waals surface area (Å²) >= 11 is 0. The van der Waals surface area contributed by atoms with Crippen LogP contribution in [0.15, 0.2) is 12.5 Å². The summed E-state index contributed by atoms with van der Waals surface area (Å²) in [5.74, 6) is 1.70. The van der Waals surface area contributed by atoms with Crippen LogP contribution in [-0.4, -0.2) is 15.6 Å². The second-order valence-corrected chi connectivity index (χ2v) is 6.52. The second-order valence-electron chi connectivity index (χ2n) is 6.52. The molecule has 1 aromatic heterocycles. The van der Waals surface area contributed by atoms with Gasteiger partial charge in [-0.05, 0) is 43.9 Å². The summed E-state index contributed by atoms with van der Waals surface area (Å²) in [7, 11) is 0. The number of hydrogen-bond donors (Lipinski definition) is 1. The topological polar surface area (TPSA) is 29.9 Å². The maximum Gasteiger partial charge on any atom is 0.0951 e. The zero-order valence-electron chi connectivity index (χ0n) is 11.6. The third kappa shape index (κ3) is 2.77. The van der Waals surface area contributed by atoms with Crippen LogP contribution in [0.5, 0.6) is 0 Å². The third-order valence-corrected chi connectivity index (χ3v) is 4.44. The Balaban J connectivity index is 1.68. The van der Waals surface area contributed by atoms with Gasteiger partial charge in [0, 0.05) is 24.8 Å². The summed E-state index contributed by atoms with van der Waals surface area (Å²) in [6.45, 7) is 5.77. The molecule has 0 saturated heterocycles. The minimum Gasteiger partial charge on any atom is -0.330 e. The normalized spacial score (nSPS) is 32.7. The highest BCUT2D eigenvalue weighted by Crippen LogP contribution is 2.36. The number of nitrogens with zero attached hydrogens (tertiary/aromatic N) is 2. The first-order valence-corrected chi connectivity index (χ1v) is 7.46. The van der Waals surface area contributed by atoms with Gasteiger partial charge in [0.1, 0.15) is 0 Å². The van der Waals surface area contributed by atoms with Crippen LogP contribution < -0.4 is 5.32 Å². The van der Waals surface area contributed by atoms with Crippen molar-refractivity contribution in [2.24, 2.45) is 11.8 Å². The van der Waals surface area contributed by atoms with Crippen molar-refractivity contribution < 1.29 is 0 Å². The summed E-state index contributed by atoms with van der Waals surface area (Å²) in [4.78, 5) is 4.37. The zero-order valence-corrected chi connectivity index (χ0v) is 11.6. The number of aromatic nitrogens is 2. The van der Waals surface area contributed by atoms with Gasteiger partial charge in [0.15, 0.2) is 0 Å². The van der Waals surface area contributed by atoms with Crippen LogP contribution in [0.4, 0.5) is 0 Å². The van der Waals surface area contributed by atoms with E-state index in [2.05, 4.69) is 28.7 Å². The summed E-state index contributed by atoms with van der Waals surface area (Å²) < 4.78 is 2.43.